The zero-order valence-electron chi connectivity index (χ0n) is 16.0. The average molecular weight is 369 g/mol. The van der Waals surface area contributed by atoms with Crippen molar-refractivity contribution < 1.29 is 9.13 Å². The maximum Gasteiger partial charge on any atom is 0.123 e. The Morgan fingerprint density at radius 3 is 2.67 bits per heavy atom. The van der Waals surface area contributed by atoms with Gasteiger partial charge in [0.25, 0.3) is 0 Å². The molecular formula is C22H28FN3O. The van der Waals surface area contributed by atoms with E-state index in [2.05, 4.69) is 27.9 Å². The first-order valence-electron chi connectivity index (χ1n) is 9.83. The first-order valence-corrected chi connectivity index (χ1v) is 9.83. The van der Waals surface area contributed by atoms with Crippen LogP contribution in [0.25, 0.3) is 0 Å². The van der Waals surface area contributed by atoms with E-state index in [1.165, 1.54) is 5.56 Å². The van der Waals surface area contributed by atoms with E-state index >= 15 is 0 Å². The van der Waals surface area contributed by atoms with Gasteiger partial charge < -0.3 is 4.74 Å². The third-order valence-corrected chi connectivity index (χ3v) is 6.04. The van der Waals surface area contributed by atoms with Gasteiger partial charge in [-0.05, 0) is 56.1 Å². The number of hydrogen-bond acceptors (Lipinski definition) is 4. The van der Waals surface area contributed by atoms with E-state index in [9.17, 15) is 4.39 Å². The molecule has 4 nitrogen and oxygen atoms in total. The minimum atomic E-state index is -0.170. The molecule has 0 amide bonds. The Hall–Kier alpha value is -1.82. The summed E-state index contributed by atoms with van der Waals surface area (Å²) in [6, 6.07) is 13.4. The number of piperidine rings is 1. The molecule has 5 heteroatoms. The molecule has 0 bridgehead atoms. The Bertz CT molecular complexity index is 729. The van der Waals surface area contributed by atoms with E-state index in [-0.39, 0.29) is 11.4 Å². The van der Waals surface area contributed by atoms with E-state index in [4.69, 9.17) is 4.74 Å². The Morgan fingerprint density at radius 1 is 1.19 bits per heavy atom. The van der Waals surface area contributed by atoms with E-state index < -0.39 is 0 Å². The van der Waals surface area contributed by atoms with Crippen molar-refractivity contribution in [2.45, 2.75) is 44.0 Å². The van der Waals surface area contributed by atoms with Crippen molar-refractivity contribution in [2.75, 3.05) is 26.7 Å². The first kappa shape index (κ1) is 18.5. The summed E-state index contributed by atoms with van der Waals surface area (Å²) >= 11 is 0. The number of halogens is 1. The van der Waals surface area contributed by atoms with Gasteiger partial charge in [-0.2, -0.15) is 0 Å². The Morgan fingerprint density at radius 2 is 1.96 bits per heavy atom. The highest BCUT2D eigenvalue weighted by Crippen LogP contribution is 2.37. The number of likely N-dealkylation sites (N-methyl/N-ethyl adjacent to an activating group) is 1. The third-order valence-electron chi connectivity index (χ3n) is 6.04. The second-order valence-corrected chi connectivity index (χ2v) is 7.99. The van der Waals surface area contributed by atoms with Crippen molar-refractivity contribution in [1.82, 2.24) is 14.8 Å². The molecule has 1 atom stereocenters. The number of rotatable bonds is 5. The molecule has 0 N–H and O–H groups in total. The molecule has 2 fully saturated rings. The van der Waals surface area contributed by atoms with Crippen LogP contribution in [0.4, 0.5) is 4.39 Å². The molecule has 4 rings (SSSR count). The van der Waals surface area contributed by atoms with Crippen LogP contribution < -0.4 is 0 Å². The summed E-state index contributed by atoms with van der Waals surface area (Å²) in [7, 11) is 2.17. The summed E-state index contributed by atoms with van der Waals surface area (Å²) in [5.41, 5.74) is 2.31. The SMILES string of the molecule is CN(Cc1ccccn1)[C@H]1COC2(CCN(Cc3ccc(F)cc3)CC2)C1. The van der Waals surface area contributed by atoms with Gasteiger partial charge in [0.05, 0.1) is 17.9 Å². The van der Waals surface area contributed by atoms with Crippen LogP contribution in [0.5, 0.6) is 0 Å². The summed E-state index contributed by atoms with van der Waals surface area (Å²) in [6.45, 7) is 4.63. The van der Waals surface area contributed by atoms with Crippen molar-refractivity contribution >= 4 is 0 Å². The first-order chi connectivity index (χ1) is 13.1. The number of likely N-dealkylation sites (tertiary alicyclic amines) is 1. The highest BCUT2D eigenvalue weighted by atomic mass is 19.1. The van der Waals surface area contributed by atoms with Crippen molar-refractivity contribution in [3.63, 3.8) is 0 Å². The lowest BCUT2D eigenvalue weighted by Crippen LogP contribution is -2.44. The quantitative estimate of drug-likeness (QED) is 0.807. The molecule has 1 spiro atoms. The van der Waals surface area contributed by atoms with Crippen LogP contribution in [0.1, 0.15) is 30.5 Å². The van der Waals surface area contributed by atoms with Crippen molar-refractivity contribution in [3.05, 3.63) is 65.7 Å². The monoisotopic (exact) mass is 369 g/mol. The molecule has 1 aromatic heterocycles. The molecule has 0 aliphatic carbocycles. The lowest BCUT2D eigenvalue weighted by Gasteiger charge is -2.39. The van der Waals surface area contributed by atoms with E-state index in [1.807, 2.05) is 30.5 Å². The van der Waals surface area contributed by atoms with Crippen LogP contribution in [0, 0.1) is 5.82 Å². The van der Waals surface area contributed by atoms with Gasteiger partial charge in [0.15, 0.2) is 0 Å². The van der Waals surface area contributed by atoms with Crippen LogP contribution in [0.3, 0.4) is 0 Å². The number of ether oxygens (including phenoxy) is 1. The predicted molar refractivity (Wildman–Crippen MR) is 104 cm³/mol. The molecule has 27 heavy (non-hydrogen) atoms. The molecule has 0 radical (unpaired) electrons. The van der Waals surface area contributed by atoms with Crippen LogP contribution >= 0.6 is 0 Å². The van der Waals surface area contributed by atoms with E-state index in [0.29, 0.717) is 6.04 Å². The summed E-state index contributed by atoms with van der Waals surface area (Å²) in [5, 5.41) is 0. The summed E-state index contributed by atoms with van der Waals surface area (Å²) in [4.78, 5) is 9.26. The van der Waals surface area contributed by atoms with Crippen molar-refractivity contribution in [3.8, 4) is 0 Å². The Balaban J connectivity index is 1.28. The summed E-state index contributed by atoms with van der Waals surface area (Å²) in [5.74, 6) is -0.170. The largest absolute Gasteiger partial charge is 0.373 e. The zero-order valence-corrected chi connectivity index (χ0v) is 16.0. The van der Waals surface area contributed by atoms with E-state index in [1.54, 1.807) is 12.1 Å². The minimum Gasteiger partial charge on any atom is -0.373 e. The maximum absolute atomic E-state index is 13.1. The lowest BCUT2D eigenvalue weighted by molar-refractivity contribution is -0.0452. The van der Waals surface area contributed by atoms with Crippen molar-refractivity contribution in [2.24, 2.45) is 0 Å². The number of nitrogens with zero attached hydrogens (tertiary/aromatic N) is 3. The highest BCUT2D eigenvalue weighted by Gasteiger charge is 2.43. The van der Waals surface area contributed by atoms with Gasteiger partial charge in [0.1, 0.15) is 5.82 Å². The van der Waals surface area contributed by atoms with Gasteiger partial charge in [0.2, 0.25) is 0 Å². The average Bonchev–Trinajstić information content (AvgIpc) is 3.10. The second-order valence-electron chi connectivity index (χ2n) is 7.99. The molecule has 1 aromatic carbocycles. The summed E-state index contributed by atoms with van der Waals surface area (Å²) in [6.07, 6.45) is 5.09. The van der Waals surface area contributed by atoms with Gasteiger partial charge in [-0.1, -0.05) is 18.2 Å². The number of aromatic nitrogens is 1. The molecule has 2 aliphatic heterocycles. The number of benzene rings is 1. The Kier molecular flexibility index (Phi) is 5.53. The Labute approximate surface area is 161 Å². The van der Waals surface area contributed by atoms with Gasteiger partial charge in [-0.15, -0.1) is 0 Å². The van der Waals surface area contributed by atoms with Crippen molar-refractivity contribution in [1.29, 1.82) is 0 Å². The fraction of sp³-hybridized carbons (Fsp3) is 0.500. The molecule has 3 heterocycles. The number of pyridine rings is 1. The normalized spacial score (nSPS) is 22.6. The fourth-order valence-corrected chi connectivity index (χ4v) is 4.29. The third kappa shape index (κ3) is 4.54. The minimum absolute atomic E-state index is 0.0301. The van der Waals surface area contributed by atoms with Crippen LogP contribution in [0.15, 0.2) is 48.7 Å². The molecule has 2 aliphatic rings. The zero-order chi connectivity index (χ0) is 18.7. The van der Waals surface area contributed by atoms with Gasteiger partial charge >= 0.3 is 0 Å². The van der Waals surface area contributed by atoms with E-state index in [0.717, 1.165) is 57.7 Å². The molecular weight excluding hydrogens is 341 g/mol. The lowest BCUT2D eigenvalue weighted by atomic mass is 9.87. The molecule has 2 saturated heterocycles. The second kappa shape index (κ2) is 8.05. The van der Waals surface area contributed by atoms with Gasteiger partial charge in [-0.3, -0.25) is 14.8 Å². The summed E-state index contributed by atoms with van der Waals surface area (Å²) < 4.78 is 19.4. The topological polar surface area (TPSA) is 28.6 Å². The molecule has 2 aromatic rings. The predicted octanol–water partition coefficient (Wildman–Crippen LogP) is 3.48. The standard InChI is InChI=1S/C22H28FN3O/c1-25(16-20-4-2-3-11-24-20)21-14-22(27-17-21)9-12-26(13-10-22)15-18-5-7-19(23)8-6-18/h2-8,11,21H,9-10,12-17H2,1H3/t21-/m1/s1. The van der Waals surface area contributed by atoms with Crippen LogP contribution in [0.2, 0.25) is 0 Å². The van der Waals surface area contributed by atoms with Gasteiger partial charge in [0, 0.05) is 38.4 Å². The van der Waals surface area contributed by atoms with Gasteiger partial charge in [-0.25, -0.2) is 4.39 Å². The molecule has 144 valence electrons. The highest BCUT2D eigenvalue weighted by molar-refractivity contribution is 5.16. The molecule has 0 saturated carbocycles. The number of hydrogen-bond donors (Lipinski definition) is 0. The smallest absolute Gasteiger partial charge is 0.123 e. The molecule has 0 unspecified atom stereocenters. The van der Waals surface area contributed by atoms with Crippen LogP contribution in [-0.2, 0) is 17.8 Å². The fourth-order valence-electron chi connectivity index (χ4n) is 4.29. The maximum atomic E-state index is 13.1. The van der Waals surface area contributed by atoms with Crippen LogP contribution in [-0.4, -0.2) is 53.2 Å².